The van der Waals surface area contributed by atoms with E-state index < -0.39 is 30.6 Å². The van der Waals surface area contributed by atoms with Crippen LogP contribution in [0.15, 0.2) is 0 Å². The normalized spacial score (nSPS) is 16.6. The fourth-order valence-corrected chi connectivity index (χ4v) is 1.18. The molecule has 7 nitrogen and oxygen atoms in total. The largest absolute Gasteiger partial charge is 0.394 e. The van der Waals surface area contributed by atoms with E-state index in [1.807, 2.05) is 0 Å². The second-order valence-corrected chi connectivity index (χ2v) is 3.59. The van der Waals surface area contributed by atoms with Crippen LogP contribution in [-0.4, -0.2) is 59.2 Å². The molecule has 0 aromatic carbocycles. The molecule has 0 aromatic heterocycles. The molecule has 0 bridgehead atoms. The highest BCUT2D eigenvalue weighted by Crippen LogP contribution is 2.08. The Labute approximate surface area is 100 Å². The molecule has 0 fully saturated rings. The molecule has 0 aromatic rings. The summed E-state index contributed by atoms with van der Waals surface area (Å²) in [6, 6.07) is -1.11. The Hall–Kier alpha value is -0.730. The number of hydrogen-bond acceptors (Lipinski definition) is 6. The topological polar surface area (TPSA) is 108 Å². The second-order valence-electron chi connectivity index (χ2n) is 3.59. The molecule has 2 unspecified atom stereocenters. The molecule has 7 heteroatoms. The van der Waals surface area contributed by atoms with Crippen molar-refractivity contribution in [1.29, 1.82) is 0 Å². The van der Waals surface area contributed by atoms with E-state index in [0.717, 1.165) is 0 Å². The highest BCUT2D eigenvalue weighted by molar-refractivity contribution is 5.73. The number of nitrogens with one attached hydrogen (secondary N) is 1. The third-order valence-electron chi connectivity index (χ3n) is 1.94. The Morgan fingerprint density at radius 2 is 2.00 bits per heavy atom. The van der Waals surface area contributed by atoms with E-state index in [0.29, 0.717) is 0 Å². The summed E-state index contributed by atoms with van der Waals surface area (Å²) in [6.45, 7) is 4.58. The number of carbonyl (C=O) groups is 1. The quantitative estimate of drug-likeness (QED) is 0.394. The fraction of sp³-hybridized carbons (Fsp3) is 0.900. The Bertz CT molecular complexity index is 223. The summed E-state index contributed by atoms with van der Waals surface area (Å²) in [5.74, 6) is -0.437. The molecule has 0 saturated heterocycles. The van der Waals surface area contributed by atoms with E-state index in [-0.39, 0.29) is 13.2 Å². The average Bonchev–Trinajstić information content (AvgIpc) is 2.24. The number of rotatable bonds is 8. The first-order chi connectivity index (χ1) is 7.92. The van der Waals surface area contributed by atoms with Gasteiger partial charge in [0.25, 0.3) is 0 Å². The van der Waals surface area contributed by atoms with Crippen molar-refractivity contribution in [1.82, 2.24) is 5.32 Å². The zero-order valence-corrected chi connectivity index (χ0v) is 10.3. The standard InChI is InChI=1S/C10H21NO6/c1-4-16-10(17-6(2)5-12)8(9(14)15)11-7(3)13/h6,8-10,12,14-15H,4-5H2,1-3H3,(H,11,13)/t6?,8?,10-/m1/s1. The minimum absolute atomic E-state index is 0.238. The maximum absolute atomic E-state index is 10.9. The minimum atomic E-state index is -1.82. The molecule has 1 amide bonds. The Balaban J connectivity index is 4.63. The van der Waals surface area contributed by atoms with Gasteiger partial charge < -0.3 is 30.1 Å². The lowest BCUT2D eigenvalue weighted by Gasteiger charge is -2.30. The van der Waals surface area contributed by atoms with E-state index in [4.69, 9.17) is 24.8 Å². The summed E-state index contributed by atoms with van der Waals surface area (Å²) >= 11 is 0. The van der Waals surface area contributed by atoms with Crippen molar-refractivity contribution in [2.75, 3.05) is 13.2 Å². The van der Waals surface area contributed by atoms with Crippen LogP contribution in [-0.2, 0) is 14.3 Å². The average molecular weight is 251 g/mol. The number of aliphatic hydroxyl groups is 3. The van der Waals surface area contributed by atoms with E-state index in [9.17, 15) is 4.79 Å². The maximum atomic E-state index is 10.9. The number of ether oxygens (including phenoxy) is 2. The molecule has 102 valence electrons. The van der Waals surface area contributed by atoms with Gasteiger partial charge in [-0.2, -0.15) is 0 Å². The molecule has 0 radical (unpaired) electrons. The predicted molar refractivity (Wildman–Crippen MR) is 58.9 cm³/mol. The van der Waals surface area contributed by atoms with Crippen LogP contribution in [0.25, 0.3) is 0 Å². The number of aliphatic hydroxyl groups excluding tert-OH is 2. The van der Waals surface area contributed by atoms with E-state index in [1.54, 1.807) is 13.8 Å². The lowest BCUT2D eigenvalue weighted by Crippen LogP contribution is -2.53. The first-order valence-electron chi connectivity index (χ1n) is 5.43. The van der Waals surface area contributed by atoms with Crippen LogP contribution in [0.5, 0.6) is 0 Å². The van der Waals surface area contributed by atoms with Crippen LogP contribution in [0.2, 0.25) is 0 Å². The zero-order chi connectivity index (χ0) is 13.4. The number of carbonyl (C=O) groups excluding carboxylic acids is 1. The first kappa shape index (κ1) is 16.3. The minimum Gasteiger partial charge on any atom is -0.394 e. The van der Waals surface area contributed by atoms with Gasteiger partial charge in [0.05, 0.1) is 12.7 Å². The molecule has 0 spiro atoms. The van der Waals surface area contributed by atoms with Gasteiger partial charge in [-0.3, -0.25) is 4.79 Å². The molecular weight excluding hydrogens is 230 g/mol. The predicted octanol–water partition coefficient (Wildman–Crippen LogP) is -1.44. The van der Waals surface area contributed by atoms with Gasteiger partial charge in [-0.25, -0.2) is 0 Å². The summed E-state index contributed by atoms with van der Waals surface area (Å²) < 4.78 is 10.4. The lowest BCUT2D eigenvalue weighted by molar-refractivity contribution is -0.222. The van der Waals surface area contributed by atoms with Crippen LogP contribution >= 0.6 is 0 Å². The van der Waals surface area contributed by atoms with Crippen molar-refractivity contribution < 1.29 is 29.6 Å². The maximum Gasteiger partial charge on any atom is 0.217 e. The summed E-state index contributed by atoms with van der Waals surface area (Å²) in [5.41, 5.74) is 0. The van der Waals surface area contributed by atoms with Gasteiger partial charge >= 0.3 is 0 Å². The fourth-order valence-electron chi connectivity index (χ4n) is 1.18. The number of amides is 1. The third kappa shape index (κ3) is 6.54. The molecule has 0 aliphatic rings. The number of hydrogen-bond donors (Lipinski definition) is 4. The summed E-state index contributed by atoms with van der Waals surface area (Å²) in [7, 11) is 0. The highest BCUT2D eigenvalue weighted by Gasteiger charge is 2.30. The van der Waals surface area contributed by atoms with Crippen molar-refractivity contribution in [2.45, 2.75) is 45.5 Å². The van der Waals surface area contributed by atoms with Gasteiger partial charge in [0.15, 0.2) is 12.6 Å². The van der Waals surface area contributed by atoms with Crippen LogP contribution in [0.4, 0.5) is 0 Å². The summed E-state index contributed by atoms with van der Waals surface area (Å²) in [6.07, 6.45) is -3.39. The summed E-state index contributed by atoms with van der Waals surface area (Å²) in [4.78, 5) is 10.9. The van der Waals surface area contributed by atoms with Gasteiger partial charge in [-0.05, 0) is 13.8 Å². The molecule has 0 aliphatic carbocycles. The first-order valence-corrected chi connectivity index (χ1v) is 5.43. The van der Waals surface area contributed by atoms with Crippen molar-refractivity contribution in [3.05, 3.63) is 0 Å². The van der Waals surface area contributed by atoms with Gasteiger partial charge in [0, 0.05) is 13.5 Å². The van der Waals surface area contributed by atoms with Gasteiger partial charge in [0.1, 0.15) is 6.04 Å². The van der Waals surface area contributed by atoms with Gasteiger partial charge in [-0.15, -0.1) is 0 Å². The molecule has 4 N–H and O–H groups in total. The Morgan fingerprint density at radius 3 is 2.35 bits per heavy atom. The van der Waals surface area contributed by atoms with Gasteiger partial charge in [0.2, 0.25) is 5.91 Å². The van der Waals surface area contributed by atoms with Crippen LogP contribution in [0.1, 0.15) is 20.8 Å². The van der Waals surface area contributed by atoms with Crippen molar-refractivity contribution >= 4 is 5.91 Å². The van der Waals surface area contributed by atoms with Crippen LogP contribution in [0.3, 0.4) is 0 Å². The Morgan fingerprint density at radius 1 is 1.41 bits per heavy atom. The lowest BCUT2D eigenvalue weighted by atomic mass is 10.2. The molecule has 0 heterocycles. The SMILES string of the molecule is CCO[C@H](OC(C)CO)C(NC(C)=O)C(O)O. The smallest absolute Gasteiger partial charge is 0.217 e. The van der Waals surface area contributed by atoms with Crippen LogP contribution < -0.4 is 5.32 Å². The van der Waals surface area contributed by atoms with Crippen molar-refractivity contribution in [3.63, 3.8) is 0 Å². The monoisotopic (exact) mass is 251 g/mol. The molecule has 0 rings (SSSR count). The van der Waals surface area contributed by atoms with Crippen molar-refractivity contribution in [3.8, 4) is 0 Å². The molecular formula is C10H21NO6. The van der Waals surface area contributed by atoms with E-state index in [2.05, 4.69) is 5.32 Å². The molecule has 17 heavy (non-hydrogen) atoms. The highest BCUT2D eigenvalue weighted by atomic mass is 16.7. The Kier molecular flexibility index (Phi) is 8.01. The molecule has 0 saturated carbocycles. The molecule has 3 atom stereocenters. The molecule has 0 aliphatic heterocycles. The van der Waals surface area contributed by atoms with Crippen LogP contribution in [0, 0.1) is 0 Å². The van der Waals surface area contributed by atoms with E-state index >= 15 is 0 Å². The second kappa shape index (κ2) is 8.37. The summed E-state index contributed by atoms with van der Waals surface area (Å²) in [5, 5.41) is 29.5. The van der Waals surface area contributed by atoms with E-state index in [1.165, 1.54) is 6.92 Å². The van der Waals surface area contributed by atoms with Gasteiger partial charge in [-0.1, -0.05) is 0 Å². The zero-order valence-electron chi connectivity index (χ0n) is 10.3. The third-order valence-corrected chi connectivity index (χ3v) is 1.94. The van der Waals surface area contributed by atoms with Crippen molar-refractivity contribution in [2.24, 2.45) is 0 Å².